The van der Waals surface area contributed by atoms with Gasteiger partial charge in [0, 0.05) is 10.0 Å². The second-order valence-corrected chi connectivity index (χ2v) is 4.22. The maximum atomic E-state index is 10.1. The van der Waals surface area contributed by atoms with Gasteiger partial charge in [-0.25, -0.2) is 0 Å². The average Bonchev–Trinajstić information content (AvgIpc) is 2.81. The maximum Gasteiger partial charge on any atom is 0.140 e. The molecule has 0 amide bonds. The van der Waals surface area contributed by atoms with E-state index in [1.54, 1.807) is 25.3 Å². The van der Waals surface area contributed by atoms with Gasteiger partial charge in [-0.3, -0.25) is 0 Å². The molecule has 1 unspecified atom stereocenters. The molecule has 1 heterocycles. The van der Waals surface area contributed by atoms with E-state index in [-0.39, 0.29) is 0 Å². The quantitative estimate of drug-likeness (QED) is 0.941. The molecule has 2 rings (SSSR count). The van der Waals surface area contributed by atoms with Crippen molar-refractivity contribution in [3.05, 3.63) is 52.4 Å². The van der Waals surface area contributed by atoms with Gasteiger partial charge >= 0.3 is 0 Å². The zero-order chi connectivity index (χ0) is 11.5. The highest BCUT2D eigenvalue weighted by molar-refractivity contribution is 9.10. The lowest BCUT2D eigenvalue weighted by Gasteiger charge is -2.13. The van der Waals surface area contributed by atoms with Gasteiger partial charge in [0.1, 0.15) is 17.6 Å². The smallest absolute Gasteiger partial charge is 0.140 e. The Morgan fingerprint density at radius 1 is 1.38 bits per heavy atom. The second-order valence-electron chi connectivity index (χ2n) is 3.30. The minimum atomic E-state index is -0.807. The van der Waals surface area contributed by atoms with Gasteiger partial charge in [0.05, 0.1) is 13.4 Å². The first-order valence-corrected chi connectivity index (χ1v) is 5.56. The largest absolute Gasteiger partial charge is 0.496 e. The monoisotopic (exact) mass is 282 g/mol. The number of halogens is 1. The summed E-state index contributed by atoms with van der Waals surface area (Å²) in [6.45, 7) is 0. The second kappa shape index (κ2) is 4.72. The molecule has 0 spiro atoms. The molecule has 0 fully saturated rings. The highest BCUT2D eigenvalue weighted by atomic mass is 79.9. The highest BCUT2D eigenvalue weighted by Gasteiger charge is 2.17. The van der Waals surface area contributed by atoms with Crippen molar-refractivity contribution >= 4 is 15.9 Å². The molecule has 1 N–H and O–H groups in total. The zero-order valence-corrected chi connectivity index (χ0v) is 10.3. The summed E-state index contributed by atoms with van der Waals surface area (Å²) in [5.74, 6) is 1.12. The van der Waals surface area contributed by atoms with Crippen LogP contribution in [0, 0.1) is 0 Å². The SMILES string of the molecule is COc1cc(Br)ccc1C(O)c1ccco1. The van der Waals surface area contributed by atoms with Gasteiger partial charge in [-0.05, 0) is 24.3 Å². The molecule has 0 saturated heterocycles. The topological polar surface area (TPSA) is 42.6 Å². The standard InChI is InChI=1S/C12H11BrO3/c1-15-11-7-8(13)4-5-9(11)12(14)10-3-2-6-16-10/h2-7,12,14H,1H3. The first-order chi connectivity index (χ1) is 7.72. The molecular weight excluding hydrogens is 272 g/mol. The number of benzene rings is 1. The number of aliphatic hydroxyl groups excluding tert-OH is 1. The Hall–Kier alpha value is -1.26. The van der Waals surface area contributed by atoms with Crippen molar-refractivity contribution in [3.63, 3.8) is 0 Å². The number of furan rings is 1. The fourth-order valence-electron chi connectivity index (χ4n) is 1.51. The van der Waals surface area contributed by atoms with E-state index in [1.165, 1.54) is 6.26 Å². The van der Waals surface area contributed by atoms with Crippen LogP contribution in [0.3, 0.4) is 0 Å². The summed E-state index contributed by atoms with van der Waals surface area (Å²) in [5, 5.41) is 10.1. The number of ether oxygens (including phenoxy) is 1. The summed E-state index contributed by atoms with van der Waals surface area (Å²) in [7, 11) is 1.57. The molecule has 0 bridgehead atoms. The normalized spacial score (nSPS) is 12.4. The number of methoxy groups -OCH3 is 1. The Kier molecular flexibility index (Phi) is 3.31. The first kappa shape index (κ1) is 11.2. The Balaban J connectivity index is 2.40. The van der Waals surface area contributed by atoms with Crippen LogP contribution in [0.4, 0.5) is 0 Å². The third-order valence-corrected chi connectivity index (χ3v) is 2.80. The maximum absolute atomic E-state index is 10.1. The molecule has 1 aromatic carbocycles. The van der Waals surface area contributed by atoms with Crippen LogP contribution in [0.15, 0.2) is 45.5 Å². The van der Waals surface area contributed by atoms with Crippen molar-refractivity contribution in [1.82, 2.24) is 0 Å². The highest BCUT2D eigenvalue weighted by Crippen LogP contribution is 2.32. The lowest BCUT2D eigenvalue weighted by Crippen LogP contribution is -2.01. The Morgan fingerprint density at radius 2 is 2.19 bits per heavy atom. The summed E-state index contributed by atoms with van der Waals surface area (Å²) >= 11 is 3.35. The van der Waals surface area contributed by atoms with Crippen LogP contribution in [-0.4, -0.2) is 12.2 Å². The molecule has 0 radical (unpaired) electrons. The van der Waals surface area contributed by atoms with Gasteiger partial charge < -0.3 is 14.3 Å². The Bertz CT molecular complexity index is 465. The summed E-state index contributed by atoms with van der Waals surface area (Å²) in [6, 6.07) is 8.93. The van der Waals surface area contributed by atoms with E-state index in [4.69, 9.17) is 9.15 Å². The van der Waals surface area contributed by atoms with Crippen molar-refractivity contribution in [2.24, 2.45) is 0 Å². The van der Waals surface area contributed by atoms with Gasteiger partial charge in [-0.1, -0.05) is 22.0 Å². The minimum Gasteiger partial charge on any atom is -0.496 e. The molecule has 0 aliphatic carbocycles. The predicted octanol–water partition coefficient (Wildman–Crippen LogP) is 3.13. The van der Waals surface area contributed by atoms with Gasteiger partial charge in [0.2, 0.25) is 0 Å². The Labute approximate surface area is 102 Å². The molecule has 1 aromatic heterocycles. The fraction of sp³-hybridized carbons (Fsp3) is 0.167. The van der Waals surface area contributed by atoms with E-state index >= 15 is 0 Å². The third-order valence-electron chi connectivity index (χ3n) is 2.30. The van der Waals surface area contributed by atoms with E-state index in [0.29, 0.717) is 17.1 Å². The lowest BCUT2D eigenvalue weighted by molar-refractivity contribution is 0.185. The van der Waals surface area contributed by atoms with Crippen LogP contribution in [0.5, 0.6) is 5.75 Å². The molecule has 0 aliphatic heterocycles. The molecule has 0 aliphatic rings. The number of hydrogen-bond donors (Lipinski definition) is 1. The number of hydrogen-bond acceptors (Lipinski definition) is 3. The predicted molar refractivity (Wildman–Crippen MR) is 63.5 cm³/mol. The Morgan fingerprint density at radius 3 is 2.81 bits per heavy atom. The zero-order valence-electron chi connectivity index (χ0n) is 8.68. The lowest BCUT2D eigenvalue weighted by atomic mass is 10.1. The minimum absolute atomic E-state index is 0.501. The summed E-state index contributed by atoms with van der Waals surface area (Å²) < 4.78 is 11.3. The van der Waals surface area contributed by atoms with E-state index in [0.717, 1.165) is 4.47 Å². The van der Waals surface area contributed by atoms with E-state index in [2.05, 4.69) is 15.9 Å². The number of aliphatic hydroxyl groups is 1. The third kappa shape index (κ3) is 2.13. The van der Waals surface area contributed by atoms with Crippen molar-refractivity contribution in [1.29, 1.82) is 0 Å². The van der Waals surface area contributed by atoms with Crippen LogP contribution >= 0.6 is 15.9 Å². The van der Waals surface area contributed by atoms with Crippen molar-refractivity contribution in [2.75, 3.05) is 7.11 Å². The van der Waals surface area contributed by atoms with E-state index < -0.39 is 6.10 Å². The first-order valence-electron chi connectivity index (χ1n) is 4.77. The van der Waals surface area contributed by atoms with Crippen LogP contribution in [0.2, 0.25) is 0 Å². The summed E-state index contributed by atoms with van der Waals surface area (Å²) in [6.07, 6.45) is 0.724. The average molecular weight is 283 g/mol. The van der Waals surface area contributed by atoms with Crippen LogP contribution in [-0.2, 0) is 0 Å². The molecular formula is C12H11BrO3. The van der Waals surface area contributed by atoms with Gasteiger partial charge in [-0.2, -0.15) is 0 Å². The summed E-state index contributed by atoms with van der Waals surface area (Å²) in [4.78, 5) is 0. The molecule has 84 valence electrons. The van der Waals surface area contributed by atoms with Gasteiger partial charge in [0.25, 0.3) is 0 Å². The molecule has 16 heavy (non-hydrogen) atoms. The van der Waals surface area contributed by atoms with E-state index in [1.807, 2.05) is 12.1 Å². The molecule has 1 atom stereocenters. The van der Waals surface area contributed by atoms with Crippen LogP contribution < -0.4 is 4.74 Å². The molecule has 0 saturated carbocycles. The fourth-order valence-corrected chi connectivity index (χ4v) is 1.85. The molecule has 2 aromatic rings. The van der Waals surface area contributed by atoms with Crippen LogP contribution in [0.25, 0.3) is 0 Å². The van der Waals surface area contributed by atoms with Gasteiger partial charge in [-0.15, -0.1) is 0 Å². The van der Waals surface area contributed by atoms with E-state index in [9.17, 15) is 5.11 Å². The van der Waals surface area contributed by atoms with Gasteiger partial charge in [0.15, 0.2) is 0 Å². The number of rotatable bonds is 3. The van der Waals surface area contributed by atoms with Crippen molar-refractivity contribution < 1.29 is 14.3 Å². The van der Waals surface area contributed by atoms with Crippen molar-refractivity contribution in [2.45, 2.75) is 6.10 Å². The molecule has 4 heteroatoms. The van der Waals surface area contributed by atoms with Crippen LogP contribution in [0.1, 0.15) is 17.4 Å². The summed E-state index contributed by atoms with van der Waals surface area (Å²) in [5.41, 5.74) is 0.681. The van der Waals surface area contributed by atoms with Crippen molar-refractivity contribution in [3.8, 4) is 5.75 Å². The molecule has 3 nitrogen and oxygen atoms in total.